The first-order valence-electron chi connectivity index (χ1n) is 7.63. The highest BCUT2D eigenvalue weighted by Gasteiger charge is 2.09. The van der Waals surface area contributed by atoms with Gasteiger partial charge in [0.05, 0.1) is 7.11 Å². The van der Waals surface area contributed by atoms with E-state index in [-0.39, 0.29) is 30.8 Å². The molecule has 0 radical (unpaired) electrons. The van der Waals surface area contributed by atoms with Gasteiger partial charge in [-0.05, 0) is 37.6 Å². The van der Waals surface area contributed by atoms with Gasteiger partial charge in [0.2, 0.25) is 5.91 Å². The van der Waals surface area contributed by atoms with Crippen molar-refractivity contribution in [2.24, 2.45) is 5.73 Å². The highest BCUT2D eigenvalue weighted by molar-refractivity contribution is 5.85. The summed E-state index contributed by atoms with van der Waals surface area (Å²) in [5.74, 6) is 0.775. The maximum Gasteiger partial charge on any atom is 0.257 e. The van der Waals surface area contributed by atoms with Crippen molar-refractivity contribution in [3.8, 4) is 11.5 Å². The van der Waals surface area contributed by atoms with E-state index < -0.39 is 0 Å². The predicted molar refractivity (Wildman–Crippen MR) is 94.6 cm³/mol. The van der Waals surface area contributed by atoms with Gasteiger partial charge in [-0.15, -0.1) is 12.4 Å². The van der Waals surface area contributed by atoms with Gasteiger partial charge in [-0.2, -0.15) is 0 Å². The van der Waals surface area contributed by atoms with E-state index in [4.69, 9.17) is 15.2 Å². The molecule has 24 heavy (non-hydrogen) atoms. The van der Waals surface area contributed by atoms with Crippen LogP contribution >= 0.6 is 12.4 Å². The molecule has 2 amide bonds. The second-order valence-electron chi connectivity index (χ2n) is 4.90. The Labute approximate surface area is 148 Å². The van der Waals surface area contributed by atoms with Gasteiger partial charge in [-0.1, -0.05) is 6.07 Å². The molecule has 0 saturated carbocycles. The van der Waals surface area contributed by atoms with E-state index in [1.165, 1.54) is 7.11 Å². The van der Waals surface area contributed by atoms with Crippen molar-refractivity contribution < 1.29 is 19.1 Å². The minimum Gasteiger partial charge on any atom is -0.493 e. The minimum atomic E-state index is -0.189. The lowest BCUT2D eigenvalue weighted by Crippen LogP contribution is -2.28. The predicted octanol–water partition coefficient (Wildman–Crippen LogP) is 0.987. The van der Waals surface area contributed by atoms with Crippen LogP contribution in [0.2, 0.25) is 0 Å². The molecule has 0 aliphatic heterocycles. The molecule has 0 atom stereocenters. The van der Waals surface area contributed by atoms with Crippen molar-refractivity contribution in [2.75, 3.05) is 26.8 Å². The number of nitrogens with two attached hydrogens (primary N) is 1. The summed E-state index contributed by atoms with van der Waals surface area (Å²) in [4.78, 5) is 23.0. The number of hydrogen-bond donors (Lipinski definition) is 3. The van der Waals surface area contributed by atoms with Gasteiger partial charge >= 0.3 is 0 Å². The summed E-state index contributed by atoms with van der Waals surface area (Å²) < 4.78 is 10.7. The van der Waals surface area contributed by atoms with Crippen molar-refractivity contribution in [1.82, 2.24) is 10.6 Å². The van der Waals surface area contributed by atoms with Gasteiger partial charge in [-0.25, -0.2) is 0 Å². The Morgan fingerprint density at radius 3 is 2.54 bits per heavy atom. The van der Waals surface area contributed by atoms with Crippen LogP contribution in [0.4, 0.5) is 0 Å². The van der Waals surface area contributed by atoms with Gasteiger partial charge in [0.25, 0.3) is 5.91 Å². The number of halogens is 1. The lowest BCUT2D eigenvalue weighted by atomic mass is 10.2. The Kier molecular flexibility index (Phi) is 11.4. The van der Waals surface area contributed by atoms with Crippen LogP contribution in [0.25, 0.3) is 0 Å². The number of ether oxygens (including phenoxy) is 2. The summed E-state index contributed by atoms with van der Waals surface area (Å²) >= 11 is 0. The molecule has 0 unspecified atom stereocenters. The summed E-state index contributed by atoms with van der Waals surface area (Å²) in [5.41, 5.74) is 6.25. The van der Waals surface area contributed by atoms with E-state index in [1.807, 2.05) is 13.0 Å². The first kappa shape index (κ1) is 22.0. The summed E-state index contributed by atoms with van der Waals surface area (Å²) in [6.07, 6.45) is 1.09. The molecule has 8 heteroatoms. The number of nitrogens with one attached hydrogen (secondary N) is 2. The fourth-order valence-corrected chi connectivity index (χ4v) is 1.88. The first-order valence-corrected chi connectivity index (χ1v) is 7.63. The number of rotatable bonds is 10. The van der Waals surface area contributed by atoms with Crippen LogP contribution in [0.5, 0.6) is 11.5 Å². The van der Waals surface area contributed by atoms with E-state index in [0.717, 1.165) is 5.56 Å². The number of amides is 2. The van der Waals surface area contributed by atoms with E-state index in [0.29, 0.717) is 44.0 Å². The average molecular weight is 360 g/mol. The first-order chi connectivity index (χ1) is 11.1. The van der Waals surface area contributed by atoms with E-state index in [9.17, 15) is 9.59 Å². The number of hydrogen-bond acceptors (Lipinski definition) is 5. The number of methoxy groups -OCH3 is 1. The molecule has 1 aromatic rings. The second-order valence-corrected chi connectivity index (χ2v) is 4.90. The lowest BCUT2D eigenvalue weighted by molar-refractivity contribution is -0.123. The van der Waals surface area contributed by atoms with E-state index in [2.05, 4.69) is 10.6 Å². The Balaban J connectivity index is 0.00000529. The van der Waals surface area contributed by atoms with Gasteiger partial charge in [0.15, 0.2) is 18.1 Å². The van der Waals surface area contributed by atoms with Crippen LogP contribution in [0.3, 0.4) is 0 Å². The van der Waals surface area contributed by atoms with Crippen LogP contribution in [-0.4, -0.2) is 38.6 Å². The highest BCUT2D eigenvalue weighted by atomic mass is 35.5. The second kappa shape index (κ2) is 12.4. The molecule has 0 fully saturated rings. The number of carbonyl (C=O) groups is 2. The zero-order valence-electron chi connectivity index (χ0n) is 14.1. The third kappa shape index (κ3) is 8.03. The van der Waals surface area contributed by atoms with Crippen molar-refractivity contribution in [1.29, 1.82) is 0 Å². The molecule has 136 valence electrons. The Bertz CT molecular complexity index is 526. The van der Waals surface area contributed by atoms with Crippen molar-refractivity contribution >= 4 is 24.2 Å². The molecule has 0 spiro atoms. The van der Waals surface area contributed by atoms with Crippen molar-refractivity contribution in [3.05, 3.63) is 23.8 Å². The molecule has 0 aromatic heterocycles. The largest absolute Gasteiger partial charge is 0.493 e. The molecule has 7 nitrogen and oxygen atoms in total. The summed E-state index contributed by atoms with van der Waals surface area (Å²) in [6, 6.07) is 5.31. The highest BCUT2D eigenvalue weighted by Crippen LogP contribution is 2.28. The third-order valence-electron chi connectivity index (χ3n) is 3.06. The molecule has 0 bridgehead atoms. The topological polar surface area (TPSA) is 103 Å². The molecule has 0 aliphatic carbocycles. The SMILES string of the molecule is CCNC(=O)COc1ccc(CNC(=O)CCCN)cc1OC.Cl. The van der Waals surface area contributed by atoms with Crippen molar-refractivity contribution in [2.45, 2.75) is 26.3 Å². The molecule has 1 rings (SSSR count). The molecule has 0 heterocycles. The zero-order chi connectivity index (χ0) is 17.1. The van der Waals surface area contributed by atoms with Crippen LogP contribution in [0.1, 0.15) is 25.3 Å². The fraction of sp³-hybridized carbons (Fsp3) is 0.500. The van der Waals surface area contributed by atoms with Crippen molar-refractivity contribution in [3.63, 3.8) is 0 Å². The quantitative estimate of drug-likeness (QED) is 0.578. The summed E-state index contributed by atoms with van der Waals surface area (Å²) in [6.45, 7) is 3.23. The smallest absolute Gasteiger partial charge is 0.257 e. The molecular formula is C16H26ClN3O4. The molecule has 1 aromatic carbocycles. The van der Waals surface area contributed by atoms with Gasteiger partial charge < -0.3 is 25.8 Å². The monoisotopic (exact) mass is 359 g/mol. The Hall–Kier alpha value is -1.99. The van der Waals surface area contributed by atoms with Crippen LogP contribution in [0.15, 0.2) is 18.2 Å². The maximum atomic E-state index is 11.6. The molecule has 0 saturated heterocycles. The average Bonchev–Trinajstić information content (AvgIpc) is 2.56. The summed E-state index contributed by atoms with van der Waals surface area (Å²) in [7, 11) is 1.53. The zero-order valence-corrected chi connectivity index (χ0v) is 14.9. The van der Waals surface area contributed by atoms with E-state index >= 15 is 0 Å². The number of likely N-dealkylation sites (N-methyl/N-ethyl adjacent to an activating group) is 1. The van der Waals surface area contributed by atoms with Gasteiger partial charge in [-0.3, -0.25) is 9.59 Å². The van der Waals surface area contributed by atoms with Gasteiger partial charge in [0, 0.05) is 19.5 Å². The number of benzene rings is 1. The summed E-state index contributed by atoms with van der Waals surface area (Å²) in [5, 5.41) is 5.47. The minimum absolute atomic E-state index is 0. The molecular weight excluding hydrogens is 334 g/mol. The third-order valence-corrected chi connectivity index (χ3v) is 3.06. The van der Waals surface area contributed by atoms with Crippen LogP contribution in [-0.2, 0) is 16.1 Å². The normalized spacial score (nSPS) is 9.62. The fourth-order valence-electron chi connectivity index (χ4n) is 1.88. The molecule has 4 N–H and O–H groups in total. The van der Waals surface area contributed by atoms with Crippen LogP contribution in [0, 0.1) is 0 Å². The van der Waals surface area contributed by atoms with E-state index in [1.54, 1.807) is 12.1 Å². The molecule has 0 aliphatic rings. The maximum absolute atomic E-state index is 11.6. The Morgan fingerprint density at radius 1 is 1.17 bits per heavy atom. The standard InChI is InChI=1S/C16H25N3O4.ClH/c1-3-18-16(21)11-23-13-7-6-12(9-14(13)22-2)10-19-15(20)5-4-8-17;/h6-7,9H,3-5,8,10-11,17H2,1-2H3,(H,18,21)(H,19,20);1H. The number of carbonyl (C=O) groups excluding carboxylic acids is 2. The Morgan fingerprint density at radius 2 is 1.92 bits per heavy atom. The van der Waals surface area contributed by atoms with Gasteiger partial charge in [0.1, 0.15) is 0 Å². The lowest BCUT2D eigenvalue weighted by Gasteiger charge is -2.12. The van der Waals surface area contributed by atoms with Crippen LogP contribution < -0.4 is 25.8 Å².